The Morgan fingerprint density at radius 1 is 0.970 bits per heavy atom. The molecule has 0 aliphatic carbocycles. The van der Waals surface area contributed by atoms with Crippen LogP contribution >= 0.6 is 0 Å². The number of piperazine rings is 1. The monoisotopic (exact) mass is 472 g/mol. The molecule has 3 aromatic rings. The summed E-state index contributed by atoms with van der Waals surface area (Å²) >= 11 is 0. The quantitative estimate of drug-likeness (QED) is 0.508. The Balaban J connectivity index is 1.42. The van der Waals surface area contributed by atoms with Gasteiger partial charge in [0.25, 0.3) is 0 Å². The van der Waals surface area contributed by atoms with E-state index >= 15 is 0 Å². The number of carbonyl (C=O) groups excluding carboxylic acids is 1. The molecule has 0 N–H and O–H groups in total. The number of sulfone groups is 1. The summed E-state index contributed by atoms with van der Waals surface area (Å²) in [6, 6.07) is 14.8. The van der Waals surface area contributed by atoms with Crippen molar-refractivity contribution in [2.45, 2.75) is 5.22 Å². The van der Waals surface area contributed by atoms with Crippen LogP contribution in [0, 0.1) is 0 Å². The molecule has 0 radical (unpaired) electrons. The third-order valence-corrected chi connectivity index (χ3v) is 6.66. The van der Waals surface area contributed by atoms with Crippen LogP contribution < -0.4 is 14.4 Å². The highest BCUT2D eigenvalue weighted by Crippen LogP contribution is 2.29. The van der Waals surface area contributed by atoms with E-state index in [1.54, 1.807) is 23.1 Å². The molecule has 174 valence electrons. The van der Waals surface area contributed by atoms with E-state index in [1.165, 1.54) is 14.2 Å². The molecule has 1 saturated heterocycles. The number of amides is 1. The van der Waals surface area contributed by atoms with Crippen molar-refractivity contribution in [3.05, 3.63) is 48.5 Å². The number of hydrogen-bond acceptors (Lipinski definition) is 9. The van der Waals surface area contributed by atoms with Crippen LogP contribution in [0.15, 0.2) is 58.2 Å². The van der Waals surface area contributed by atoms with Gasteiger partial charge in [-0.2, -0.15) is 0 Å². The van der Waals surface area contributed by atoms with Crippen molar-refractivity contribution >= 4 is 21.4 Å². The van der Waals surface area contributed by atoms with Crippen molar-refractivity contribution in [2.24, 2.45) is 0 Å². The van der Waals surface area contributed by atoms with Crippen LogP contribution in [-0.4, -0.2) is 75.6 Å². The zero-order valence-electron chi connectivity index (χ0n) is 18.3. The first-order chi connectivity index (χ1) is 15.9. The van der Waals surface area contributed by atoms with Gasteiger partial charge in [-0.3, -0.25) is 4.79 Å². The maximum Gasteiger partial charge on any atom is 0.336 e. The van der Waals surface area contributed by atoms with Crippen LogP contribution in [0.2, 0.25) is 0 Å². The van der Waals surface area contributed by atoms with Crippen LogP contribution in [0.25, 0.3) is 11.5 Å². The molecule has 1 aliphatic heterocycles. The molecule has 0 bridgehead atoms. The van der Waals surface area contributed by atoms with Crippen molar-refractivity contribution in [1.29, 1.82) is 0 Å². The van der Waals surface area contributed by atoms with E-state index < -0.39 is 26.7 Å². The lowest BCUT2D eigenvalue weighted by Crippen LogP contribution is -2.50. The molecular formula is C22H24N4O6S. The Bertz CT molecular complexity index is 1200. The van der Waals surface area contributed by atoms with Crippen LogP contribution in [0.1, 0.15) is 0 Å². The van der Waals surface area contributed by atoms with Crippen molar-refractivity contribution in [3.8, 4) is 23.0 Å². The summed E-state index contributed by atoms with van der Waals surface area (Å²) in [6.07, 6.45) is 0. The number of anilines is 1. The molecule has 1 aliphatic rings. The molecule has 33 heavy (non-hydrogen) atoms. The minimum atomic E-state index is -4.10. The van der Waals surface area contributed by atoms with Crippen LogP contribution in [0.5, 0.6) is 11.5 Å². The molecule has 1 amide bonds. The van der Waals surface area contributed by atoms with Crippen LogP contribution in [0.4, 0.5) is 5.69 Å². The highest BCUT2D eigenvalue weighted by Gasteiger charge is 2.30. The Labute approximate surface area is 191 Å². The lowest BCUT2D eigenvalue weighted by molar-refractivity contribution is -0.128. The highest BCUT2D eigenvalue weighted by atomic mass is 32.2. The second-order valence-electron chi connectivity index (χ2n) is 7.44. The number of hydrogen-bond donors (Lipinski definition) is 0. The molecule has 11 heteroatoms. The minimum absolute atomic E-state index is 0.0188. The second-order valence-corrected chi connectivity index (χ2v) is 9.30. The van der Waals surface area contributed by atoms with Crippen LogP contribution in [0.3, 0.4) is 0 Å². The minimum Gasteiger partial charge on any atom is -0.497 e. The molecule has 10 nitrogen and oxygen atoms in total. The third-order valence-electron chi connectivity index (χ3n) is 5.34. The maximum atomic E-state index is 12.8. The summed E-state index contributed by atoms with van der Waals surface area (Å²) in [5, 5.41) is 6.89. The van der Waals surface area contributed by atoms with Crippen molar-refractivity contribution in [1.82, 2.24) is 15.1 Å². The lowest BCUT2D eigenvalue weighted by Gasteiger charge is -2.36. The highest BCUT2D eigenvalue weighted by molar-refractivity contribution is 7.91. The zero-order chi connectivity index (χ0) is 23.4. The molecule has 1 fully saturated rings. The number of methoxy groups -OCH3 is 2. The van der Waals surface area contributed by atoms with Gasteiger partial charge in [0.05, 0.1) is 14.2 Å². The number of para-hydroxylation sites is 1. The standard InChI is InChI=1S/C22H24N4O6S/c1-30-18-12-16(13-19(14-18)31-2)21-23-24-22(32-21)33(28,29)15-20(27)26-10-8-25(9-11-26)17-6-4-3-5-7-17/h3-7,12-14H,8-11,15H2,1-2H3. The number of carbonyl (C=O) groups is 1. The summed E-state index contributed by atoms with van der Waals surface area (Å²) in [6.45, 7) is 2.11. The first-order valence-corrected chi connectivity index (χ1v) is 11.9. The molecular weight excluding hydrogens is 448 g/mol. The van der Waals surface area contributed by atoms with E-state index in [2.05, 4.69) is 15.1 Å². The van der Waals surface area contributed by atoms with E-state index in [1.807, 2.05) is 30.3 Å². The number of aromatic nitrogens is 2. The van der Waals surface area contributed by atoms with Gasteiger partial charge in [0.2, 0.25) is 21.6 Å². The van der Waals surface area contributed by atoms with E-state index in [-0.39, 0.29) is 5.89 Å². The molecule has 2 heterocycles. The van der Waals surface area contributed by atoms with Gasteiger partial charge < -0.3 is 23.7 Å². The van der Waals surface area contributed by atoms with Gasteiger partial charge >= 0.3 is 5.22 Å². The summed E-state index contributed by atoms with van der Waals surface area (Å²) in [5.74, 6) is -0.282. The maximum absolute atomic E-state index is 12.8. The first kappa shape index (κ1) is 22.6. The van der Waals surface area contributed by atoms with E-state index in [4.69, 9.17) is 13.9 Å². The molecule has 2 aromatic carbocycles. The second kappa shape index (κ2) is 9.49. The zero-order valence-corrected chi connectivity index (χ0v) is 19.1. The Morgan fingerprint density at radius 2 is 1.61 bits per heavy atom. The fraction of sp³-hybridized carbons (Fsp3) is 0.318. The molecule has 0 spiro atoms. The van der Waals surface area contributed by atoms with E-state index in [0.29, 0.717) is 43.2 Å². The largest absolute Gasteiger partial charge is 0.497 e. The number of rotatable bonds is 7. The average molecular weight is 473 g/mol. The first-order valence-electron chi connectivity index (χ1n) is 10.3. The molecule has 4 rings (SSSR count). The third kappa shape index (κ3) is 5.08. The summed E-state index contributed by atoms with van der Waals surface area (Å²) in [5.41, 5.74) is 1.51. The fourth-order valence-corrected chi connectivity index (χ4v) is 4.55. The van der Waals surface area contributed by atoms with Gasteiger partial charge in [-0.05, 0) is 24.3 Å². The van der Waals surface area contributed by atoms with Gasteiger partial charge in [-0.1, -0.05) is 23.3 Å². The number of ether oxygens (including phenoxy) is 2. The molecule has 0 atom stereocenters. The summed E-state index contributed by atoms with van der Waals surface area (Å²) in [4.78, 5) is 16.4. The predicted molar refractivity (Wildman–Crippen MR) is 120 cm³/mol. The fourth-order valence-electron chi connectivity index (χ4n) is 3.55. The number of benzene rings is 2. The normalized spacial score (nSPS) is 14.2. The van der Waals surface area contributed by atoms with Crippen LogP contribution in [-0.2, 0) is 14.6 Å². The van der Waals surface area contributed by atoms with Gasteiger partial charge in [0, 0.05) is 43.5 Å². The summed E-state index contributed by atoms with van der Waals surface area (Å²) < 4.78 is 41.3. The molecule has 0 unspecified atom stereocenters. The topological polar surface area (TPSA) is 115 Å². The van der Waals surface area contributed by atoms with Gasteiger partial charge in [0.1, 0.15) is 17.3 Å². The Hall–Kier alpha value is -3.60. The molecule has 1 aromatic heterocycles. The summed E-state index contributed by atoms with van der Waals surface area (Å²) in [7, 11) is -1.11. The molecule has 0 saturated carbocycles. The van der Waals surface area contributed by atoms with E-state index in [9.17, 15) is 13.2 Å². The van der Waals surface area contributed by atoms with E-state index in [0.717, 1.165) is 5.69 Å². The predicted octanol–water partition coefficient (Wildman–Crippen LogP) is 1.88. The van der Waals surface area contributed by atoms with Gasteiger partial charge in [-0.25, -0.2) is 8.42 Å². The Kier molecular flexibility index (Phi) is 6.50. The van der Waals surface area contributed by atoms with Crippen molar-refractivity contribution in [2.75, 3.05) is 51.1 Å². The van der Waals surface area contributed by atoms with Gasteiger partial charge in [0.15, 0.2) is 0 Å². The lowest BCUT2D eigenvalue weighted by atomic mass is 10.2. The SMILES string of the molecule is COc1cc(OC)cc(-c2nnc(S(=O)(=O)CC(=O)N3CCN(c4ccccc4)CC3)o2)c1. The van der Waals surface area contributed by atoms with Gasteiger partial charge in [-0.15, -0.1) is 5.10 Å². The average Bonchev–Trinajstić information content (AvgIpc) is 3.36. The van der Waals surface area contributed by atoms with Crippen molar-refractivity contribution in [3.63, 3.8) is 0 Å². The van der Waals surface area contributed by atoms with Crippen molar-refractivity contribution < 1.29 is 27.1 Å². The smallest absolute Gasteiger partial charge is 0.336 e. The number of nitrogens with zero attached hydrogens (tertiary/aromatic N) is 4. The Morgan fingerprint density at radius 3 is 2.21 bits per heavy atom.